The molecule has 0 saturated carbocycles. The van der Waals surface area contributed by atoms with Gasteiger partial charge in [-0.2, -0.15) is 11.8 Å². The monoisotopic (exact) mass is 863 g/mol. The number of urea groups is 1. The summed E-state index contributed by atoms with van der Waals surface area (Å²) in [6.07, 6.45) is 3.09. The minimum Gasteiger partial charge on any atom is -0.508 e. The van der Waals surface area contributed by atoms with Gasteiger partial charge < -0.3 is 56.9 Å². The van der Waals surface area contributed by atoms with Crippen LogP contribution in [-0.4, -0.2) is 120 Å². The SMILES string of the molecule is CSCC[C@@H](NC(=O)N[C@@H](Cc1c[nH]c2ccccc12)C(=O)O)C(=O)N[C@@H](C(=O)N/C=C1\C[C@@H](O)[C@H](n2ccc(=O)[nH]c2=O)O1)[C@H](C)N(C)C(=O)[C@@H](N)Cc1cccc(O)c1. The summed E-state index contributed by atoms with van der Waals surface area (Å²) < 4.78 is 6.69. The van der Waals surface area contributed by atoms with E-state index in [0.29, 0.717) is 16.9 Å². The Labute approximate surface area is 352 Å². The van der Waals surface area contributed by atoms with Gasteiger partial charge in [0.1, 0.15) is 35.7 Å². The van der Waals surface area contributed by atoms with E-state index >= 15 is 0 Å². The molecule has 21 heteroatoms. The summed E-state index contributed by atoms with van der Waals surface area (Å²) in [6.45, 7) is 1.49. The Bertz CT molecular complexity index is 2380. The number of phenols is 1. The minimum atomic E-state index is -1.51. The normalized spacial score (nSPS) is 18.0. The molecule has 11 N–H and O–H groups in total. The number of carboxylic acids is 1. The molecule has 0 unspecified atom stereocenters. The van der Waals surface area contributed by atoms with Crippen molar-refractivity contribution < 1.29 is 44.0 Å². The van der Waals surface area contributed by atoms with E-state index in [4.69, 9.17) is 10.5 Å². The van der Waals surface area contributed by atoms with E-state index in [1.54, 1.807) is 30.7 Å². The number of carboxylic acid groups (broad SMARTS) is 1. The molecule has 326 valence electrons. The summed E-state index contributed by atoms with van der Waals surface area (Å²) in [7, 11) is 1.39. The van der Waals surface area contributed by atoms with Crippen LogP contribution in [0.25, 0.3) is 10.9 Å². The molecule has 1 saturated heterocycles. The van der Waals surface area contributed by atoms with Gasteiger partial charge in [-0.15, -0.1) is 0 Å². The first-order valence-electron chi connectivity index (χ1n) is 19.2. The summed E-state index contributed by atoms with van der Waals surface area (Å²) >= 11 is 1.37. The Hall–Kier alpha value is -6.58. The van der Waals surface area contributed by atoms with Gasteiger partial charge >= 0.3 is 17.7 Å². The smallest absolute Gasteiger partial charge is 0.331 e. The van der Waals surface area contributed by atoms with Crippen molar-refractivity contribution in [3.05, 3.63) is 111 Å². The fraction of sp³-hybridized carbons (Fsp3) is 0.375. The predicted molar refractivity (Wildman–Crippen MR) is 224 cm³/mol. The summed E-state index contributed by atoms with van der Waals surface area (Å²) in [5, 5.41) is 41.5. The topological polar surface area (TPSA) is 303 Å². The number of H-pyrrole nitrogens is 2. The van der Waals surface area contributed by atoms with Crippen LogP contribution >= 0.6 is 11.8 Å². The number of aliphatic hydroxyl groups excluding tert-OH is 1. The number of aliphatic carboxylic acids is 1. The van der Waals surface area contributed by atoms with E-state index in [0.717, 1.165) is 33.9 Å². The molecule has 1 fully saturated rings. The first-order chi connectivity index (χ1) is 29.1. The highest BCUT2D eigenvalue weighted by Gasteiger charge is 2.37. The summed E-state index contributed by atoms with van der Waals surface area (Å²) in [6, 6.07) is 7.22. The van der Waals surface area contributed by atoms with Gasteiger partial charge in [-0.25, -0.2) is 14.4 Å². The van der Waals surface area contributed by atoms with Crippen molar-refractivity contribution in [1.82, 2.24) is 40.7 Å². The second kappa shape index (κ2) is 20.6. The fourth-order valence-electron chi connectivity index (χ4n) is 6.75. The van der Waals surface area contributed by atoms with E-state index in [9.17, 15) is 48.9 Å². The number of amides is 5. The zero-order valence-electron chi connectivity index (χ0n) is 33.5. The third-order valence-electron chi connectivity index (χ3n) is 10.2. The van der Waals surface area contributed by atoms with Crippen LogP contribution in [0.3, 0.4) is 0 Å². The Morgan fingerprint density at radius 2 is 1.77 bits per heavy atom. The van der Waals surface area contributed by atoms with Crippen molar-refractivity contribution in [2.75, 3.05) is 19.1 Å². The number of nitrogens with zero attached hydrogens (tertiary/aromatic N) is 2. The molecule has 4 aromatic rings. The molecular formula is C40H49N9O11S. The molecule has 0 bridgehead atoms. The standard InChI is InChI=1S/C40H49N9O11S/c1-21(48(2)36(55)27(41)16-22-7-6-8-24(50)15-22)33(35(54)43-20-25-18-31(51)37(60-25)49-13-11-32(52)46-40(49)59)47-34(53)29(12-14-61-3)44-39(58)45-30(38(56)57)17-23-19-42-28-10-5-4-9-26(23)28/h4-11,13,15,19-21,27,29-31,33,37,42,50-51H,12,14,16-18,41H2,1-3H3,(H,43,54)(H,47,53)(H,56,57)(H2,44,45,58)(H,46,52,59)/b25-20+/t21-,27-,29+,30-,31+,33+,37+/m0/s1. The van der Waals surface area contributed by atoms with E-state index in [2.05, 4.69) is 31.2 Å². The highest BCUT2D eigenvalue weighted by atomic mass is 32.2. The van der Waals surface area contributed by atoms with Gasteiger partial charge in [-0.3, -0.25) is 28.7 Å². The van der Waals surface area contributed by atoms with Gasteiger partial charge in [-0.05, 0) is 61.1 Å². The Balaban J connectivity index is 1.34. The number of nitrogens with two attached hydrogens (primary N) is 1. The van der Waals surface area contributed by atoms with Crippen LogP contribution in [0.2, 0.25) is 0 Å². The molecule has 5 amide bonds. The number of thioether (sulfide) groups is 1. The summed E-state index contributed by atoms with van der Waals surface area (Å²) in [4.78, 5) is 97.5. The first-order valence-corrected chi connectivity index (χ1v) is 20.6. The largest absolute Gasteiger partial charge is 0.508 e. The molecule has 20 nitrogen and oxygen atoms in total. The molecule has 0 spiro atoms. The third kappa shape index (κ3) is 11.8. The lowest BCUT2D eigenvalue weighted by molar-refractivity contribution is -0.139. The second-order valence-corrected chi connectivity index (χ2v) is 15.5. The van der Waals surface area contributed by atoms with Crippen molar-refractivity contribution in [2.45, 2.75) is 75.1 Å². The van der Waals surface area contributed by atoms with E-state index in [1.807, 2.05) is 18.2 Å². The molecule has 1 aliphatic heterocycles. The highest BCUT2D eigenvalue weighted by Crippen LogP contribution is 2.30. The quantitative estimate of drug-likeness (QED) is 0.0630. The van der Waals surface area contributed by atoms with Crippen molar-refractivity contribution in [3.8, 4) is 5.75 Å². The number of benzene rings is 2. The average Bonchev–Trinajstić information content (AvgIpc) is 3.81. The molecule has 3 heterocycles. The van der Waals surface area contributed by atoms with Crippen molar-refractivity contribution in [2.24, 2.45) is 5.73 Å². The van der Waals surface area contributed by atoms with Crippen LogP contribution in [0.4, 0.5) is 4.79 Å². The van der Waals surface area contributed by atoms with Gasteiger partial charge in [0.05, 0.1) is 12.1 Å². The number of likely N-dealkylation sites (N-methyl/N-ethyl adjacent to an activating group) is 1. The van der Waals surface area contributed by atoms with E-state index < -0.39 is 83.5 Å². The molecular weight excluding hydrogens is 815 g/mol. The van der Waals surface area contributed by atoms with Gasteiger partial charge in [0.15, 0.2) is 0 Å². The predicted octanol–water partition coefficient (Wildman–Crippen LogP) is -0.0206. The number of aromatic hydroxyl groups is 1. The fourth-order valence-corrected chi connectivity index (χ4v) is 7.22. The Kier molecular flexibility index (Phi) is 15.4. The molecule has 7 atom stereocenters. The van der Waals surface area contributed by atoms with Gasteiger partial charge in [-0.1, -0.05) is 30.3 Å². The summed E-state index contributed by atoms with van der Waals surface area (Å²) in [5.41, 5.74) is 6.81. The Morgan fingerprint density at radius 1 is 1.03 bits per heavy atom. The summed E-state index contributed by atoms with van der Waals surface area (Å²) in [5.74, 6) is -3.21. The number of hydrogen-bond donors (Lipinski definition) is 10. The maximum absolute atomic E-state index is 14.0. The molecule has 61 heavy (non-hydrogen) atoms. The van der Waals surface area contributed by atoms with Crippen molar-refractivity contribution >= 4 is 52.4 Å². The molecule has 2 aromatic heterocycles. The van der Waals surface area contributed by atoms with Crippen LogP contribution < -0.4 is 38.2 Å². The van der Waals surface area contributed by atoms with Gasteiger partial charge in [0.25, 0.3) is 5.56 Å². The number of para-hydroxylation sites is 1. The van der Waals surface area contributed by atoms with Crippen LogP contribution in [0.1, 0.15) is 37.1 Å². The van der Waals surface area contributed by atoms with Crippen LogP contribution in [0.15, 0.2) is 88.5 Å². The van der Waals surface area contributed by atoms with Gasteiger partial charge in [0.2, 0.25) is 23.9 Å². The number of aromatic amines is 2. The minimum absolute atomic E-state index is 0.0191. The van der Waals surface area contributed by atoms with Crippen LogP contribution in [0.5, 0.6) is 5.75 Å². The van der Waals surface area contributed by atoms with E-state index in [1.165, 1.54) is 42.8 Å². The van der Waals surface area contributed by atoms with Gasteiger partial charge in [0, 0.05) is 55.5 Å². The molecule has 0 aliphatic carbocycles. The number of ether oxygens (including phenoxy) is 1. The second-order valence-electron chi connectivity index (χ2n) is 14.5. The van der Waals surface area contributed by atoms with Crippen molar-refractivity contribution in [1.29, 1.82) is 0 Å². The lowest BCUT2D eigenvalue weighted by Gasteiger charge is -2.34. The number of phenolic OH excluding ortho intramolecular Hbond substituents is 1. The lowest BCUT2D eigenvalue weighted by Crippen LogP contribution is -2.62. The average molecular weight is 864 g/mol. The molecule has 5 rings (SSSR count). The zero-order valence-corrected chi connectivity index (χ0v) is 34.3. The highest BCUT2D eigenvalue weighted by molar-refractivity contribution is 7.98. The number of hydrogen-bond acceptors (Lipinski definition) is 12. The van der Waals surface area contributed by atoms with Crippen LogP contribution in [0, 0.1) is 0 Å². The van der Waals surface area contributed by atoms with Crippen molar-refractivity contribution in [3.63, 3.8) is 0 Å². The lowest BCUT2D eigenvalue weighted by atomic mass is 10.0. The maximum atomic E-state index is 14.0. The van der Waals surface area contributed by atoms with E-state index in [-0.39, 0.29) is 37.2 Å². The third-order valence-corrected chi connectivity index (χ3v) is 10.8. The molecule has 1 aliphatic rings. The first kappa shape index (κ1) is 45.5. The number of fused-ring (bicyclic) bond motifs is 1. The number of carbonyl (C=O) groups excluding carboxylic acids is 4. The number of aliphatic hydroxyl groups is 1. The number of carbonyl (C=O) groups is 5. The molecule has 2 aromatic carbocycles. The number of nitrogens with one attached hydrogen (secondary N) is 6. The number of aromatic nitrogens is 3. The van der Waals surface area contributed by atoms with Crippen LogP contribution in [-0.2, 0) is 36.8 Å². The maximum Gasteiger partial charge on any atom is 0.331 e. The molecule has 0 radical (unpaired) electrons. The Morgan fingerprint density at radius 3 is 2.48 bits per heavy atom. The number of rotatable bonds is 18. The zero-order chi connectivity index (χ0) is 44.4.